The van der Waals surface area contributed by atoms with Crippen LogP contribution in [0.15, 0.2) is 56.2 Å². The fourth-order valence-corrected chi connectivity index (χ4v) is 4.87. The largest absolute Gasteiger partial charge is 0.281 e. The molecule has 2 heterocycles. The second-order valence-electron chi connectivity index (χ2n) is 6.29. The van der Waals surface area contributed by atoms with E-state index in [4.69, 9.17) is 12.2 Å². The summed E-state index contributed by atoms with van der Waals surface area (Å²) < 4.78 is 2.44. The van der Waals surface area contributed by atoms with Crippen LogP contribution in [0.2, 0.25) is 0 Å². The van der Waals surface area contributed by atoms with Crippen molar-refractivity contribution >= 4 is 77.6 Å². The number of nitrogens with zero attached hydrogens (tertiary/aromatic N) is 4. The lowest BCUT2D eigenvalue weighted by Gasteiger charge is -2.36. The third-order valence-electron chi connectivity index (χ3n) is 4.41. The Hall–Kier alpha value is -2.43. The van der Waals surface area contributed by atoms with Crippen molar-refractivity contribution in [3.63, 3.8) is 0 Å². The Morgan fingerprint density at radius 1 is 1.03 bits per heavy atom. The third-order valence-corrected chi connectivity index (χ3v) is 5.82. The Balaban J connectivity index is 1.92. The molecule has 0 unspecified atom stereocenters. The van der Waals surface area contributed by atoms with Gasteiger partial charge in [-0.25, -0.2) is 4.98 Å². The molecule has 1 aliphatic rings. The van der Waals surface area contributed by atoms with Crippen LogP contribution >= 0.6 is 44.1 Å². The Morgan fingerprint density at radius 2 is 1.72 bits per heavy atom. The van der Waals surface area contributed by atoms with Gasteiger partial charge in [0.25, 0.3) is 11.5 Å². The van der Waals surface area contributed by atoms with Crippen LogP contribution in [0.4, 0.5) is 5.69 Å². The minimum atomic E-state index is -0.590. The van der Waals surface area contributed by atoms with Gasteiger partial charge < -0.3 is 0 Å². The maximum absolute atomic E-state index is 13.3. The molecule has 2 amide bonds. The maximum atomic E-state index is 13.3. The molecule has 1 saturated heterocycles. The normalized spacial score (nSPS) is 14.8. The van der Waals surface area contributed by atoms with Crippen molar-refractivity contribution in [3.8, 4) is 0 Å². The van der Waals surface area contributed by atoms with E-state index in [2.05, 4.69) is 36.8 Å². The zero-order chi connectivity index (χ0) is 20.9. The molecular weight excluding hydrogens is 524 g/mol. The molecule has 2 aromatic carbocycles. The van der Waals surface area contributed by atoms with E-state index in [1.165, 1.54) is 4.90 Å². The summed E-state index contributed by atoms with van der Waals surface area (Å²) >= 11 is 12.2. The van der Waals surface area contributed by atoms with E-state index in [1.807, 2.05) is 6.07 Å². The molecule has 3 aromatic rings. The van der Waals surface area contributed by atoms with Crippen LogP contribution in [-0.2, 0) is 9.59 Å². The lowest BCUT2D eigenvalue weighted by Crippen LogP contribution is -2.62. The molecule has 0 atom stereocenters. The number of halogens is 2. The zero-order valence-corrected chi connectivity index (χ0v) is 18.9. The number of hydrogen-bond donors (Lipinski definition) is 0. The van der Waals surface area contributed by atoms with E-state index in [-0.39, 0.29) is 10.9 Å². The van der Waals surface area contributed by atoms with Gasteiger partial charge in [0, 0.05) is 8.95 Å². The first-order chi connectivity index (χ1) is 13.8. The Morgan fingerprint density at radius 3 is 2.41 bits per heavy atom. The number of aromatic nitrogens is 2. The molecule has 0 saturated carbocycles. The van der Waals surface area contributed by atoms with Gasteiger partial charge in [-0.3, -0.25) is 19.3 Å². The summed E-state index contributed by atoms with van der Waals surface area (Å²) in [5, 5.41) is 1.25. The smallest absolute Gasteiger partial charge is 0.273 e. The number of carbonyl (C=O) groups is 2. The lowest BCUT2D eigenvalue weighted by atomic mass is 10.2. The highest BCUT2D eigenvalue weighted by Crippen LogP contribution is 2.26. The van der Waals surface area contributed by atoms with Crippen LogP contribution in [0, 0.1) is 6.92 Å². The molecule has 4 rings (SSSR count). The maximum Gasteiger partial charge on any atom is 0.281 e. The topological polar surface area (TPSA) is 75.5 Å². The molecule has 146 valence electrons. The van der Waals surface area contributed by atoms with Crippen LogP contribution in [0.1, 0.15) is 12.2 Å². The first-order valence-electron chi connectivity index (χ1n) is 8.43. The van der Waals surface area contributed by atoms with Crippen LogP contribution in [0.5, 0.6) is 0 Å². The van der Waals surface area contributed by atoms with Crippen LogP contribution < -0.4 is 15.5 Å². The first-order valence-corrected chi connectivity index (χ1v) is 10.4. The second kappa shape index (κ2) is 7.43. The summed E-state index contributed by atoms with van der Waals surface area (Å²) in [6.07, 6.45) is -0.416. The lowest BCUT2D eigenvalue weighted by molar-refractivity contribution is -0.127. The summed E-state index contributed by atoms with van der Waals surface area (Å²) in [6.45, 7) is 1.61. The Labute approximate surface area is 187 Å². The fourth-order valence-electron chi connectivity index (χ4n) is 3.17. The highest BCUT2D eigenvalue weighted by atomic mass is 79.9. The van der Waals surface area contributed by atoms with Crippen molar-refractivity contribution in [2.45, 2.75) is 13.3 Å². The molecule has 0 N–H and O–H groups in total. The molecule has 1 aromatic heterocycles. The number of rotatable bonds is 2. The summed E-state index contributed by atoms with van der Waals surface area (Å²) in [6, 6.07) is 12.2. The van der Waals surface area contributed by atoms with E-state index < -0.39 is 23.8 Å². The van der Waals surface area contributed by atoms with Gasteiger partial charge >= 0.3 is 0 Å². The minimum Gasteiger partial charge on any atom is -0.273 e. The van der Waals surface area contributed by atoms with Gasteiger partial charge in [0.2, 0.25) is 11.0 Å². The molecule has 1 fully saturated rings. The molecule has 10 heteroatoms. The number of carbonyl (C=O) groups excluding carboxylic acids is 2. The van der Waals surface area contributed by atoms with Gasteiger partial charge in [0.05, 0.1) is 16.6 Å². The highest BCUT2D eigenvalue weighted by Gasteiger charge is 2.38. The summed E-state index contributed by atoms with van der Waals surface area (Å²) in [5.74, 6) is -0.774. The molecule has 7 nitrogen and oxygen atoms in total. The molecule has 0 spiro atoms. The number of anilines is 1. The second-order valence-corrected chi connectivity index (χ2v) is 8.42. The molecule has 0 bridgehead atoms. The van der Waals surface area contributed by atoms with Gasteiger partial charge in [-0.05, 0) is 59.3 Å². The van der Waals surface area contributed by atoms with E-state index >= 15 is 0 Å². The van der Waals surface area contributed by atoms with Crippen molar-refractivity contribution in [1.29, 1.82) is 0 Å². The van der Waals surface area contributed by atoms with E-state index in [9.17, 15) is 14.4 Å². The molecule has 0 aliphatic carbocycles. The van der Waals surface area contributed by atoms with Gasteiger partial charge in [0.15, 0.2) is 0 Å². The van der Waals surface area contributed by atoms with E-state index in [0.29, 0.717) is 25.5 Å². The number of aryl methyl sites for hydroxylation is 1. The standard InChI is InChI=1S/C19H12Br2N4O3S/c1-10-22-17-13(7-11(20)8-14(17)21)18(28)24(10)25-16(27)9-15(26)23(19(25)29)12-5-3-2-4-6-12/h2-8H,9H2,1H3. The van der Waals surface area contributed by atoms with Crippen molar-refractivity contribution in [1.82, 2.24) is 9.66 Å². The average molecular weight is 536 g/mol. The third kappa shape index (κ3) is 3.30. The van der Waals surface area contributed by atoms with Crippen molar-refractivity contribution in [2.75, 3.05) is 9.91 Å². The summed E-state index contributed by atoms with van der Waals surface area (Å²) in [5.41, 5.74) is 0.524. The van der Waals surface area contributed by atoms with Crippen molar-refractivity contribution < 1.29 is 9.59 Å². The number of para-hydroxylation sites is 1. The fraction of sp³-hybridized carbons (Fsp3) is 0.105. The van der Waals surface area contributed by atoms with Crippen molar-refractivity contribution in [3.05, 3.63) is 67.6 Å². The van der Waals surface area contributed by atoms with Crippen molar-refractivity contribution in [2.24, 2.45) is 0 Å². The predicted octanol–water partition coefficient (Wildman–Crippen LogP) is 3.42. The quantitative estimate of drug-likeness (QED) is 0.371. The number of amides is 2. The minimum absolute atomic E-state index is 0.0992. The van der Waals surface area contributed by atoms with Gasteiger partial charge in [-0.1, -0.05) is 34.1 Å². The van der Waals surface area contributed by atoms with Crippen LogP contribution in [0.25, 0.3) is 10.9 Å². The van der Waals surface area contributed by atoms with E-state index in [0.717, 1.165) is 9.69 Å². The predicted molar refractivity (Wildman–Crippen MR) is 121 cm³/mol. The Bertz CT molecular complexity index is 1260. The monoisotopic (exact) mass is 534 g/mol. The molecular formula is C19H12Br2N4O3S. The van der Waals surface area contributed by atoms with Crippen LogP contribution in [-0.4, -0.2) is 26.6 Å². The molecule has 29 heavy (non-hydrogen) atoms. The molecule has 1 aliphatic heterocycles. The van der Waals surface area contributed by atoms with Gasteiger partial charge in [0.1, 0.15) is 12.2 Å². The number of fused-ring (bicyclic) bond motifs is 1. The van der Waals surface area contributed by atoms with Gasteiger partial charge in [-0.2, -0.15) is 9.69 Å². The highest BCUT2D eigenvalue weighted by molar-refractivity contribution is 9.11. The van der Waals surface area contributed by atoms with Crippen LogP contribution in [0.3, 0.4) is 0 Å². The SMILES string of the molecule is Cc1nc2c(Br)cc(Br)cc2c(=O)n1N1C(=O)CC(=O)N(c2ccccc2)C1=S. The zero-order valence-electron chi connectivity index (χ0n) is 14.9. The van der Waals surface area contributed by atoms with Gasteiger partial charge in [-0.15, -0.1) is 0 Å². The summed E-state index contributed by atoms with van der Waals surface area (Å²) in [7, 11) is 0. The first kappa shape index (κ1) is 19.9. The number of benzene rings is 2. The average Bonchev–Trinajstić information content (AvgIpc) is 2.66. The Kier molecular flexibility index (Phi) is 5.09. The molecule has 0 radical (unpaired) electrons. The summed E-state index contributed by atoms with van der Waals surface area (Å²) in [4.78, 5) is 44.3. The number of hydrogen-bond acceptors (Lipinski definition) is 5. The van der Waals surface area contributed by atoms with E-state index in [1.54, 1.807) is 43.3 Å². The number of thiocarbonyl (C=S) groups is 1.